The lowest BCUT2D eigenvalue weighted by molar-refractivity contribution is 0.0604. The summed E-state index contributed by atoms with van der Waals surface area (Å²) >= 11 is 0. The molecular weight excluding hydrogens is 389 g/mol. The summed E-state index contributed by atoms with van der Waals surface area (Å²) in [5.74, 6) is -2.28. The lowest BCUT2D eigenvalue weighted by Crippen LogP contribution is -2.47. The van der Waals surface area contributed by atoms with Crippen molar-refractivity contribution in [2.45, 2.75) is 51.7 Å². The van der Waals surface area contributed by atoms with Gasteiger partial charge in [-0.15, -0.1) is 0 Å². The van der Waals surface area contributed by atoms with Crippen LogP contribution >= 0.6 is 0 Å². The zero-order chi connectivity index (χ0) is 21.6. The zero-order valence-corrected chi connectivity index (χ0v) is 16.9. The minimum atomic E-state index is -0.899. The number of amides is 2. The molecule has 1 aromatic heterocycles. The molecule has 2 N–H and O–H groups in total. The first-order valence-electron chi connectivity index (χ1n) is 10.1. The fourth-order valence-corrected chi connectivity index (χ4v) is 4.30. The van der Waals surface area contributed by atoms with Crippen LogP contribution in [0.15, 0.2) is 29.2 Å². The Labute approximate surface area is 173 Å². The number of halogens is 1. The van der Waals surface area contributed by atoms with E-state index in [1.54, 1.807) is 28.5 Å². The number of nitrogens with zero attached hydrogens (tertiary/aromatic N) is 2. The molecule has 0 spiro atoms. The minimum absolute atomic E-state index is 0.0260. The van der Waals surface area contributed by atoms with Gasteiger partial charge >= 0.3 is 0 Å². The highest BCUT2D eigenvalue weighted by molar-refractivity contribution is 5.99. The van der Waals surface area contributed by atoms with E-state index in [4.69, 9.17) is 0 Å². The highest BCUT2D eigenvalue weighted by Gasteiger charge is 2.38. The van der Waals surface area contributed by atoms with Gasteiger partial charge in [0.15, 0.2) is 11.4 Å². The van der Waals surface area contributed by atoms with E-state index >= 15 is 0 Å². The van der Waals surface area contributed by atoms with Crippen LogP contribution in [0.1, 0.15) is 64.2 Å². The third-order valence-electron chi connectivity index (χ3n) is 6.06. The average Bonchev–Trinajstić information content (AvgIpc) is 2.87. The van der Waals surface area contributed by atoms with Gasteiger partial charge in [-0.1, -0.05) is 12.1 Å². The molecule has 2 aromatic rings. The molecule has 4 rings (SSSR count). The molecule has 8 heteroatoms. The zero-order valence-electron chi connectivity index (χ0n) is 16.9. The Morgan fingerprint density at radius 2 is 2.07 bits per heavy atom. The summed E-state index contributed by atoms with van der Waals surface area (Å²) in [7, 11) is 0. The van der Waals surface area contributed by atoms with Crippen LogP contribution in [0.4, 0.5) is 4.39 Å². The van der Waals surface area contributed by atoms with Crippen molar-refractivity contribution in [1.29, 1.82) is 0 Å². The van der Waals surface area contributed by atoms with E-state index in [0.717, 1.165) is 24.8 Å². The minimum Gasteiger partial charge on any atom is -0.503 e. The molecule has 0 unspecified atom stereocenters. The molecule has 0 radical (unpaired) electrons. The predicted molar refractivity (Wildman–Crippen MR) is 108 cm³/mol. The Morgan fingerprint density at radius 1 is 1.30 bits per heavy atom. The Kier molecular flexibility index (Phi) is 5.09. The van der Waals surface area contributed by atoms with E-state index in [1.807, 2.05) is 6.92 Å². The van der Waals surface area contributed by atoms with E-state index in [2.05, 4.69) is 5.32 Å². The Morgan fingerprint density at radius 3 is 2.80 bits per heavy atom. The number of carbonyl (C=O) groups excluding carboxylic acids is 2. The van der Waals surface area contributed by atoms with Gasteiger partial charge in [0.25, 0.3) is 11.8 Å². The number of carbonyl (C=O) groups is 2. The summed E-state index contributed by atoms with van der Waals surface area (Å²) in [5.41, 5.74) is -0.172. The number of aromatic nitrogens is 1. The van der Waals surface area contributed by atoms with Crippen molar-refractivity contribution in [3.8, 4) is 5.75 Å². The molecular formula is C22H24FN3O4. The normalized spacial score (nSPS) is 20.5. The highest BCUT2D eigenvalue weighted by Crippen LogP contribution is 2.34. The molecule has 2 amide bonds. The molecule has 0 aliphatic carbocycles. The fraction of sp³-hybridized carbons (Fsp3) is 0.409. The van der Waals surface area contributed by atoms with Gasteiger partial charge in [0.05, 0.1) is 6.04 Å². The van der Waals surface area contributed by atoms with Crippen LogP contribution in [0.3, 0.4) is 0 Å². The number of pyridine rings is 1. The van der Waals surface area contributed by atoms with Crippen LogP contribution in [0.5, 0.6) is 5.75 Å². The first-order valence-corrected chi connectivity index (χ1v) is 10.1. The Hall–Kier alpha value is -3.16. The van der Waals surface area contributed by atoms with Crippen molar-refractivity contribution in [3.05, 3.63) is 62.8 Å². The SMILES string of the molecule is Cc1ccc(CNC(=O)c2cn3c(c(O)c2=O)C(=O)N2C[C@H]3CCC[C@H]2C)c(F)c1. The number of aromatic hydroxyl groups is 1. The number of fused-ring (bicyclic) bond motifs is 4. The standard InChI is InChI=1S/C22H24FN3O4/c1-12-6-7-14(17(23)8-12)9-24-21(29)16-11-26-15-5-3-4-13(2)25(10-15)22(30)18(26)20(28)19(16)27/h6-8,11,13,15,28H,3-5,9-10H2,1-2H3,(H,24,29)/t13-,15-/m1/s1. The monoisotopic (exact) mass is 413 g/mol. The number of nitrogens with one attached hydrogen (secondary N) is 1. The molecule has 2 aliphatic heterocycles. The topological polar surface area (TPSA) is 91.6 Å². The van der Waals surface area contributed by atoms with Gasteiger partial charge in [-0.3, -0.25) is 14.4 Å². The molecule has 1 aromatic carbocycles. The lowest BCUT2D eigenvalue weighted by Gasteiger charge is -2.37. The number of benzene rings is 1. The van der Waals surface area contributed by atoms with Crippen LogP contribution < -0.4 is 10.7 Å². The van der Waals surface area contributed by atoms with E-state index in [-0.39, 0.29) is 29.9 Å². The molecule has 158 valence electrons. The van der Waals surface area contributed by atoms with Gasteiger partial charge in [-0.25, -0.2) is 4.39 Å². The maximum atomic E-state index is 14.0. The summed E-state index contributed by atoms with van der Waals surface area (Å²) in [4.78, 5) is 39.9. The smallest absolute Gasteiger partial charge is 0.274 e. The summed E-state index contributed by atoms with van der Waals surface area (Å²) in [6, 6.07) is 4.58. The molecule has 2 atom stereocenters. The number of rotatable bonds is 3. The lowest BCUT2D eigenvalue weighted by atomic mass is 10.1. The summed E-state index contributed by atoms with van der Waals surface area (Å²) < 4.78 is 15.6. The molecule has 1 fully saturated rings. The second-order valence-electron chi connectivity index (χ2n) is 8.15. The van der Waals surface area contributed by atoms with Crippen molar-refractivity contribution in [3.63, 3.8) is 0 Å². The number of hydrogen-bond acceptors (Lipinski definition) is 4. The molecule has 2 bridgehead atoms. The maximum Gasteiger partial charge on any atom is 0.274 e. The molecule has 2 aliphatic rings. The van der Waals surface area contributed by atoms with Crippen molar-refractivity contribution < 1.29 is 19.1 Å². The molecule has 30 heavy (non-hydrogen) atoms. The van der Waals surface area contributed by atoms with Gasteiger partial charge < -0.3 is 19.9 Å². The van der Waals surface area contributed by atoms with Crippen LogP contribution in [-0.2, 0) is 6.54 Å². The summed E-state index contributed by atoms with van der Waals surface area (Å²) in [6.45, 7) is 4.10. The third kappa shape index (κ3) is 3.36. The molecule has 0 saturated carbocycles. The number of hydrogen-bond donors (Lipinski definition) is 2. The summed E-state index contributed by atoms with van der Waals surface area (Å²) in [6.07, 6.45) is 3.88. The quantitative estimate of drug-likeness (QED) is 0.809. The third-order valence-corrected chi connectivity index (χ3v) is 6.06. The molecule has 7 nitrogen and oxygen atoms in total. The molecule has 3 heterocycles. The van der Waals surface area contributed by atoms with Crippen molar-refractivity contribution in [1.82, 2.24) is 14.8 Å². The van der Waals surface area contributed by atoms with Crippen molar-refractivity contribution in [2.24, 2.45) is 0 Å². The maximum absolute atomic E-state index is 14.0. The molecule has 1 saturated heterocycles. The largest absolute Gasteiger partial charge is 0.503 e. The van der Waals surface area contributed by atoms with Crippen molar-refractivity contribution in [2.75, 3.05) is 6.54 Å². The van der Waals surface area contributed by atoms with Gasteiger partial charge in [-0.05, 0) is 44.7 Å². The van der Waals surface area contributed by atoms with Crippen LogP contribution in [0.25, 0.3) is 0 Å². The first kappa shape index (κ1) is 20.1. The second kappa shape index (κ2) is 7.59. The van der Waals surface area contributed by atoms with Crippen LogP contribution in [0, 0.1) is 12.7 Å². The van der Waals surface area contributed by atoms with Gasteiger partial charge in [0, 0.05) is 30.9 Å². The first-order chi connectivity index (χ1) is 14.3. The Balaban J connectivity index is 1.66. The van der Waals surface area contributed by atoms with Crippen molar-refractivity contribution >= 4 is 11.8 Å². The fourth-order valence-electron chi connectivity index (χ4n) is 4.30. The van der Waals surface area contributed by atoms with Gasteiger partial charge in [0.2, 0.25) is 5.43 Å². The van der Waals surface area contributed by atoms with E-state index < -0.39 is 28.8 Å². The van der Waals surface area contributed by atoms with Gasteiger partial charge in [-0.2, -0.15) is 0 Å². The Bertz CT molecular complexity index is 1090. The predicted octanol–water partition coefficient (Wildman–Crippen LogP) is 2.50. The summed E-state index contributed by atoms with van der Waals surface area (Å²) in [5, 5.41) is 13.1. The van der Waals surface area contributed by atoms with Crippen LogP contribution in [0.2, 0.25) is 0 Å². The van der Waals surface area contributed by atoms with E-state index in [9.17, 15) is 23.9 Å². The van der Waals surface area contributed by atoms with E-state index in [0.29, 0.717) is 12.1 Å². The van der Waals surface area contributed by atoms with Crippen LogP contribution in [-0.4, -0.2) is 39.0 Å². The average molecular weight is 413 g/mol. The van der Waals surface area contributed by atoms with E-state index in [1.165, 1.54) is 12.3 Å². The highest BCUT2D eigenvalue weighted by atomic mass is 19.1. The van der Waals surface area contributed by atoms with Gasteiger partial charge in [0.1, 0.15) is 11.4 Å². The number of aryl methyl sites for hydroxylation is 1. The second-order valence-corrected chi connectivity index (χ2v) is 8.15.